The third kappa shape index (κ3) is 3.24. The molecule has 0 radical (unpaired) electrons. The number of nitrogens with one attached hydrogen (secondary N) is 1. The quantitative estimate of drug-likeness (QED) is 0.294. The number of hydrogen-bond donors (Lipinski definition) is 1. The van der Waals surface area contributed by atoms with Crippen molar-refractivity contribution in [3.63, 3.8) is 0 Å². The molecule has 0 saturated carbocycles. The third-order valence-corrected chi connectivity index (χ3v) is 3.38. The maximum atomic E-state index is 14.0. The summed E-state index contributed by atoms with van der Waals surface area (Å²) in [7, 11) is 2.99. The standard InChI is InChI=1S/C11H9BrF2N4O2.C2H6/c1-15-10(17-20-4-19)11-16-9-6(18(11)2)3-5(13)7(12)8(9)14;1-2/h3-4H,1-2H3,(H,15,17);1-2H3. The number of fused-ring (bicyclic) bond motifs is 1. The van der Waals surface area contributed by atoms with Crippen LogP contribution in [-0.2, 0) is 16.7 Å². The number of aryl methyl sites for hydroxylation is 1. The van der Waals surface area contributed by atoms with Crippen LogP contribution in [0, 0.1) is 11.6 Å². The van der Waals surface area contributed by atoms with Crippen molar-refractivity contribution in [2.45, 2.75) is 13.8 Å². The van der Waals surface area contributed by atoms with E-state index in [1.165, 1.54) is 11.6 Å². The highest BCUT2D eigenvalue weighted by Gasteiger charge is 2.20. The first-order valence-electron chi connectivity index (χ1n) is 6.33. The van der Waals surface area contributed by atoms with Crippen LogP contribution in [0.2, 0.25) is 0 Å². The minimum Gasteiger partial charge on any atom is -0.345 e. The summed E-state index contributed by atoms with van der Waals surface area (Å²) in [5.41, 5.74) is 2.48. The van der Waals surface area contributed by atoms with E-state index in [4.69, 9.17) is 0 Å². The third-order valence-electron chi connectivity index (χ3n) is 2.65. The second-order valence-electron chi connectivity index (χ2n) is 3.74. The number of carbonyl (C=O) groups is 1. The molecule has 0 spiro atoms. The van der Waals surface area contributed by atoms with Crippen LogP contribution in [0.1, 0.15) is 19.7 Å². The van der Waals surface area contributed by atoms with E-state index in [1.807, 2.05) is 13.8 Å². The van der Waals surface area contributed by atoms with Gasteiger partial charge in [-0.2, -0.15) is 5.48 Å². The zero-order chi connectivity index (χ0) is 16.9. The normalized spacial score (nSPS) is 11.0. The number of imidazole rings is 1. The molecule has 1 N–H and O–H groups in total. The van der Waals surface area contributed by atoms with Gasteiger partial charge in [-0.05, 0) is 15.9 Å². The number of nitrogens with zero attached hydrogens (tertiary/aromatic N) is 3. The highest BCUT2D eigenvalue weighted by atomic mass is 79.9. The lowest BCUT2D eigenvalue weighted by molar-refractivity contribution is -0.132. The molecule has 1 aromatic heterocycles. The molecule has 120 valence electrons. The number of halogens is 3. The Labute approximate surface area is 134 Å². The molecule has 0 saturated heterocycles. The Hall–Kier alpha value is -2.03. The van der Waals surface area contributed by atoms with E-state index < -0.39 is 11.6 Å². The monoisotopic (exact) mass is 376 g/mol. The van der Waals surface area contributed by atoms with Crippen molar-refractivity contribution in [3.8, 4) is 0 Å². The second kappa shape index (κ2) is 7.83. The Morgan fingerprint density at radius 3 is 2.68 bits per heavy atom. The number of rotatable bonds is 3. The summed E-state index contributed by atoms with van der Waals surface area (Å²) in [6, 6.07) is 1.15. The van der Waals surface area contributed by atoms with Crippen molar-refractivity contribution in [3.05, 3.63) is 28.0 Å². The highest BCUT2D eigenvalue weighted by Crippen LogP contribution is 2.27. The van der Waals surface area contributed by atoms with Crippen molar-refractivity contribution in [1.82, 2.24) is 15.0 Å². The molecule has 0 atom stereocenters. The molecular formula is C13H15BrF2N4O2. The van der Waals surface area contributed by atoms with Crippen LogP contribution in [-0.4, -0.2) is 28.9 Å². The molecule has 9 heteroatoms. The van der Waals surface area contributed by atoms with Gasteiger partial charge in [-0.1, -0.05) is 13.8 Å². The van der Waals surface area contributed by atoms with Crippen molar-refractivity contribution in [2.75, 3.05) is 7.05 Å². The molecule has 22 heavy (non-hydrogen) atoms. The summed E-state index contributed by atoms with van der Waals surface area (Å²) in [5.74, 6) is -1.25. The van der Waals surface area contributed by atoms with Gasteiger partial charge in [0.1, 0.15) is 11.3 Å². The van der Waals surface area contributed by atoms with Crippen LogP contribution in [0.5, 0.6) is 0 Å². The number of amidine groups is 1. The number of benzene rings is 1. The van der Waals surface area contributed by atoms with Crippen LogP contribution < -0.4 is 5.48 Å². The molecule has 0 aliphatic rings. The fourth-order valence-electron chi connectivity index (χ4n) is 1.71. The van der Waals surface area contributed by atoms with Gasteiger partial charge in [0.05, 0.1) is 9.99 Å². The Bertz CT molecular complexity index is 716. The smallest absolute Gasteiger partial charge is 0.320 e. The van der Waals surface area contributed by atoms with Gasteiger partial charge in [0, 0.05) is 20.2 Å². The Morgan fingerprint density at radius 1 is 1.50 bits per heavy atom. The van der Waals surface area contributed by atoms with Crippen LogP contribution in [0.25, 0.3) is 11.0 Å². The summed E-state index contributed by atoms with van der Waals surface area (Å²) >= 11 is 2.81. The predicted octanol–water partition coefficient (Wildman–Crippen LogP) is 2.69. The van der Waals surface area contributed by atoms with E-state index in [1.54, 1.807) is 7.05 Å². The molecule has 2 rings (SSSR count). The van der Waals surface area contributed by atoms with Gasteiger partial charge in [-0.25, -0.2) is 13.8 Å². The minimum absolute atomic E-state index is 0.0233. The number of hydrogen-bond acceptors (Lipinski definition) is 4. The first-order chi connectivity index (χ1) is 10.5. The maximum absolute atomic E-state index is 14.0. The first-order valence-corrected chi connectivity index (χ1v) is 7.13. The maximum Gasteiger partial charge on any atom is 0.320 e. The largest absolute Gasteiger partial charge is 0.345 e. The molecule has 0 bridgehead atoms. The molecule has 0 fully saturated rings. The Balaban J connectivity index is 0.00000116. The number of aliphatic imine (C=N–C) groups is 1. The van der Waals surface area contributed by atoms with Gasteiger partial charge in [-0.15, -0.1) is 0 Å². The van der Waals surface area contributed by atoms with Gasteiger partial charge in [0.25, 0.3) is 0 Å². The lowest BCUT2D eigenvalue weighted by atomic mass is 10.3. The number of aromatic nitrogens is 2. The average molecular weight is 377 g/mol. The summed E-state index contributed by atoms with van der Waals surface area (Å²) < 4.78 is 28.6. The second-order valence-corrected chi connectivity index (χ2v) is 4.53. The molecule has 2 aromatic rings. The summed E-state index contributed by atoms with van der Waals surface area (Å²) in [6.07, 6.45) is 0. The fraction of sp³-hybridized carbons (Fsp3) is 0.308. The molecule has 6 nitrogen and oxygen atoms in total. The van der Waals surface area contributed by atoms with E-state index in [0.717, 1.165) is 6.07 Å². The van der Waals surface area contributed by atoms with E-state index in [2.05, 4.69) is 36.2 Å². The summed E-state index contributed by atoms with van der Waals surface area (Å²) in [6.45, 7) is 4.17. The van der Waals surface area contributed by atoms with Gasteiger partial charge < -0.3 is 9.40 Å². The van der Waals surface area contributed by atoms with Crippen LogP contribution in [0.4, 0.5) is 8.78 Å². The number of hydroxylamine groups is 1. The lowest BCUT2D eigenvalue weighted by Gasteiger charge is -2.06. The van der Waals surface area contributed by atoms with E-state index in [9.17, 15) is 13.6 Å². The van der Waals surface area contributed by atoms with Crippen molar-refractivity contribution in [2.24, 2.45) is 12.0 Å². The predicted molar refractivity (Wildman–Crippen MR) is 82.4 cm³/mol. The Morgan fingerprint density at radius 2 is 2.14 bits per heavy atom. The highest BCUT2D eigenvalue weighted by molar-refractivity contribution is 9.10. The van der Waals surface area contributed by atoms with Crippen LogP contribution in [0.15, 0.2) is 15.5 Å². The molecule has 1 aromatic carbocycles. The SMILES string of the molecule is CC.CN=C(NOC=O)c1nc2c(F)c(Br)c(F)cc2n1C. The molecule has 1 heterocycles. The van der Waals surface area contributed by atoms with E-state index >= 15 is 0 Å². The van der Waals surface area contributed by atoms with Gasteiger partial charge in [0.2, 0.25) is 0 Å². The lowest BCUT2D eigenvalue weighted by Crippen LogP contribution is -2.27. The molecular weight excluding hydrogens is 362 g/mol. The van der Waals surface area contributed by atoms with Gasteiger partial charge >= 0.3 is 6.47 Å². The minimum atomic E-state index is -0.811. The van der Waals surface area contributed by atoms with E-state index in [0.29, 0.717) is 0 Å². The van der Waals surface area contributed by atoms with Gasteiger partial charge in [-0.3, -0.25) is 9.79 Å². The van der Waals surface area contributed by atoms with Gasteiger partial charge in [0.15, 0.2) is 17.5 Å². The first kappa shape index (κ1) is 18.0. The average Bonchev–Trinajstić information content (AvgIpc) is 2.85. The van der Waals surface area contributed by atoms with E-state index in [-0.39, 0.29) is 33.6 Å². The zero-order valence-corrected chi connectivity index (χ0v) is 14.0. The molecule has 0 amide bonds. The Kier molecular flexibility index (Phi) is 6.41. The molecule has 0 aliphatic carbocycles. The topological polar surface area (TPSA) is 68.5 Å². The van der Waals surface area contributed by atoms with Crippen molar-refractivity contribution < 1.29 is 18.4 Å². The summed E-state index contributed by atoms with van der Waals surface area (Å²) in [5, 5.41) is 0. The number of carbonyl (C=O) groups excluding carboxylic acids is 1. The fourth-order valence-corrected chi connectivity index (χ4v) is 2.02. The summed E-state index contributed by atoms with van der Waals surface area (Å²) in [4.78, 5) is 22.4. The van der Waals surface area contributed by atoms with Crippen molar-refractivity contribution in [1.29, 1.82) is 0 Å². The zero-order valence-electron chi connectivity index (χ0n) is 12.4. The van der Waals surface area contributed by atoms with Crippen molar-refractivity contribution >= 4 is 39.3 Å². The molecule has 0 unspecified atom stereocenters. The molecule has 0 aliphatic heterocycles. The van der Waals surface area contributed by atoms with Crippen LogP contribution >= 0.6 is 15.9 Å². The van der Waals surface area contributed by atoms with Crippen LogP contribution in [0.3, 0.4) is 0 Å².